The maximum atomic E-state index is 13.7. The number of rotatable bonds is 7. The Morgan fingerprint density at radius 1 is 1.04 bits per heavy atom. The number of aryl methyl sites for hydroxylation is 2. The molecule has 0 saturated heterocycles. The van der Waals surface area contributed by atoms with Crippen molar-refractivity contribution in [3.63, 3.8) is 0 Å². The SMILES string of the molecule is COC(=O)Nc1cc(NC(=O)CCCCc2ccc(C)cc2)ccc1F. The highest BCUT2D eigenvalue weighted by Crippen LogP contribution is 2.20. The van der Waals surface area contributed by atoms with Crippen molar-refractivity contribution in [1.29, 1.82) is 0 Å². The lowest BCUT2D eigenvalue weighted by Crippen LogP contribution is -2.14. The number of benzene rings is 2. The number of anilines is 2. The third kappa shape index (κ3) is 6.20. The number of unbranched alkanes of at least 4 members (excludes halogenated alkanes) is 1. The van der Waals surface area contributed by atoms with E-state index >= 15 is 0 Å². The third-order valence-corrected chi connectivity index (χ3v) is 3.91. The molecular weight excluding hydrogens is 335 g/mol. The molecule has 2 aromatic rings. The number of ether oxygens (including phenoxy) is 1. The van der Waals surface area contributed by atoms with E-state index in [1.165, 1.54) is 36.4 Å². The lowest BCUT2D eigenvalue weighted by atomic mass is 10.1. The second-order valence-corrected chi connectivity index (χ2v) is 6.05. The van der Waals surface area contributed by atoms with E-state index in [-0.39, 0.29) is 11.6 Å². The summed E-state index contributed by atoms with van der Waals surface area (Å²) in [5, 5.41) is 4.97. The molecule has 0 aliphatic rings. The molecule has 0 atom stereocenters. The molecule has 0 heterocycles. The summed E-state index contributed by atoms with van der Waals surface area (Å²) in [6.07, 6.45) is 2.20. The number of hydrogen-bond donors (Lipinski definition) is 2. The summed E-state index contributed by atoms with van der Waals surface area (Å²) in [4.78, 5) is 23.2. The van der Waals surface area contributed by atoms with Crippen molar-refractivity contribution in [2.75, 3.05) is 17.7 Å². The average molecular weight is 358 g/mol. The predicted octanol–water partition coefficient (Wildman–Crippen LogP) is 4.66. The third-order valence-electron chi connectivity index (χ3n) is 3.91. The molecule has 5 nitrogen and oxygen atoms in total. The van der Waals surface area contributed by atoms with Crippen molar-refractivity contribution >= 4 is 23.4 Å². The van der Waals surface area contributed by atoms with Crippen LogP contribution in [0.2, 0.25) is 0 Å². The number of methoxy groups -OCH3 is 1. The van der Waals surface area contributed by atoms with Gasteiger partial charge in [-0.15, -0.1) is 0 Å². The molecule has 138 valence electrons. The summed E-state index contributed by atoms with van der Waals surface area (Å²) in [5.74, 6) is -0.754. The van der Waals surface area contributed by atoms with Crippen LogP contribution >= 0.6 is 0 Å². The van der Waals surface area contributed by atoms with Gasteiger partial charge in [-0.2, -0.15) is 0 Å². The zero-order valence-electron chi connectivity index (χ0n) is 15.0. The Kier molecular flexibility index (Phi) is 7.14. The van der Waals surface area contributed by atoms with Gasteiger partial charge in [0.2, 0.25) is 5.91 Å². The van der Waals surface area contributed by atoms with Gasteiger partial charge in [0.25, 0.3) is 0 Å². The van der Waals surface area contributed by atoms with Crippen molar-refractivity contribution in [3.8, 4) is 0 Å². The molecule has 0 unspecified atom stereocenters. The highest BCUT2D eigenvalue weighted by Gasteiger charge is 2.09. The van der Waals surface area contributed by atoms with Crippen LogP contribution < -0.4 is 10.6 Å². The number of carbonyl (C=O) groups excluding carboxylic acids is 2. The lowest BCUT2D eigenvalue weighted by Gasteiger charge is -2.09. The van der Waals surface area contributed by atoms with Crippen LogP contribution in [0.3, 0.4) is 0 Å². The van der Waals surface area contributed by atoms with E-state index in [0.717, 1.165) is 19.3 Å². The van der Waals surface area contributed by atoms with Crippen LogP contribution in [0.1, 0.15) is 30.4 Å². The predicted molar refractivity (Wildman–Crippen MR) is 99.8 cm³/mol. The highest BCUT2D eigenvalue weighted by molar-refractivity contribution is 5.92. The van der Waals surface area contributed by atoms with Crippen LogP contribution in [0.5, 0.6) is 0 Å². The monoisotopic (exact) mass is 358 g/mol. The molecular formula is C20H23FN2O3. The largest absolute Gasteiger partial charge is 0.453 e. The van der Waals surface area contributed by atoms with E-state index in [0.29, 0.717) is 12.1 Å². The lowest BCUT2D eigenvalue weighted by molar-refractivity contribution is -0.116. The Hall–Kier alpha value is -2.89. The fraction of sp³-hybridized carbons (Fsp3) is 0.300. The first-order valence-electron chi connectivity index (χ1n) is 8.48. The standard InChI is InChI=1S/C20H23FN2O3/c1-14-7-9-15(10-8-14)5-3-4-6-19(24)22-16-11-12-17(21)18(13-16)23-20(25)26-2/h7-13H,3-6H2,1-2H3,(H,22,24)(H,23,25). The summed E-state index contributed by atoms with van der Waals surface area (Å²) >= 11 is 0. The van der Waals surface area contributed by atoms with Gasteiger partial charge in [0.1, 0.15) is 5.82 Å². The van der Waals surface area contributed by atoms with Crippen molar-refractivity contribution in [1.82, 2.24) is 0 Å². The first-order chi connectivity index (χ1) is 12.5. The quantitative estimate of drug-likeness (QED) is 0.707. The van der Waals surface area contributed by atoms with Crippen LogP contribution in [0.25, 0.3) is 0 Å². The van der Waals surface area contributed by atoms with Crippen LogP contribution in [-0.2, 0) is 16.0 Å². The molecule has 6 heteroatoms. The van der Waals surface area contributed by atoms with Crippen molar-refractivity contribution in [2.45, 2.75) is 32.6 Å². The number of carbonyl (C=O) groups is 2. The van der Waals surface area contributed by atoms with Gasteiger partial charge >= 0.3 is 6.09 Å². The first-order valence-corrected chi connectivity index (χ1v) is 8.48. The van der Waals surface area contributed by atoms with E-state index in [1.54, 1.807) is 0 Å². The molecule has 0 radical (unpaired) electrons. The van der Waals surface area contributed by atoms with E-state index < -0.39 is 11.9 Å². The number of amides is 2. The fourth-order valence-corrected chi connectivity index (χ4v) is 2.45. The zero-order valence-corrected chi connectivity index (χ0v) is 15.0. The second kappa shape index (κ2) is 9.56. The molecule has 0 aromatic heterocycles. The highest BCUT2D eigenvalue weighted by atomic mass is 19.1. The van der Waals surface area contributed by atoms with Gasteiger partial charge < -0.3 is 10.1 Å². The van der Waals surface area contributed by atoms with Gasteiger partial charge in [-0.1, -0.05) is 29.8 Å². The molecule has 0 fully saturated rings. The maximum absolute atomic E-state index is 13.7. The molecule has 2 rings (SSSR count). The van der Waals surface area contributed by atoms with E-state index in [2.05, 4.69) is 46.6 Å². The van der Waals surface area contributed by atoms with Crippen molar-refractivity contribution in [3.05, 3.63) is 59.4 Å². The van der Waals surface area contributed by atoms with Gasteiger partial charge in [-0.25, -0.2) is 9.18 Å². The zero-order chi connectivity index (χ0) is 18.9. The van der Waals surface area contributed by atoms with Crippen LogP contribution in [-0.4, -0.2) is 19.1 Å². The fourth-order valence-electron chi connectivity index (χ4n) is 2.45. The molecule has 0 bridgehead atoms. The Labute approximate surface area is 152 Å². The topological polar surface area (TPSA) is 67.4 Å². The molecule has 2 amide bonds. The Balaban J connectivity index is 1.79. The average Bonchev–Trinajstić information content (AvgIpc) is 2.63. The minimum atomic E-state index is -0.775. The summed E-state index contributed by atoms with van der Waals surface area (Å²) < 4.78 is 18.1. The van der Waals surface area contributed by atoms with Gasteiger partial charge in [0, 0.05) is 12.1 Å². The second-order valence-electron chi connectivity index (χ2n) is 6.05. The van der Waals surface area contributed by atoms with Gasteiger partial charge in [0.05, 0.1) is 12.8 Å². The summed E-state index contributed by atoms with van der Waals surface area (Å²) in [7, 11) is 1.19. The Morgan fingerprint density at radius 3 is 2.46 bits per heavy atom. The van der Waals surface area contributed by atoms with Crippen molar-refractivity contribution < 1.29 is 18.7 Å². The number of nitrogens with one attached hydrogen (secondary N) is 2. The molecule has 0 aliphatic heterocycles. The van der Waals surface area contributed by atoms with Crippen LogP contribution in [0.4, 0.5) is 20.6 Å². The van der Waals surface area contributed by atoms with E-state index in [9.17, 15) is 14.0 Å². The van der Waals surface area contributed by atoms with Crippen molar-refractivity contribution in [2.24, 2.45) is 0 Å². The Morgan fingerprint density at radius 2 is 1.77 bits per heavy atom. The molecule has 2 aromatic carbocycles. The minimum Gasteiger partial charge on any atom is -0.453 e. The maximum Gasteiger partial charge on any atom is 0.411 e. The van der Waals surface area contributed by atoms with E-state index in [4.69, 9.17) is 0 Å². The number of halogens is 1. The first kappa shape index (κ1) is 19.4. The summed E-state index contributed by atoms with van der Waals surface area (Å²) in [6.45, 7) is 2.05. The number of hydrogen-bond acceptors (Lipinski definition) is 3. The normalized spacial score (nSPS) is 10.3. The van der Waals surface area contributed by atoms with Gasteiger partial charge in [-0.05, 0) is 49.9 Å². The molecule has 0 saturated carbocycles. The minimum absolute atomic E-state index is 0.0472. The molecule has 26 heavy (non-hydrogen) atoms. The van der Waals surface area contributed by atoms with Gasteiger partial charge in [-0.3, -0.25) is 10.1 Å². The van der Waals surface area contributed by atoms with Crippen LogP contribution in [0.15, 0.2) is 42.5 Å². The summed E-state index contributed by atoms with van der Waals surface area (Å²) in [5.41, 5.74) is 2.86. The van der Waals surface area contributed by atoms with Gasteiger partial charge in [0.15, 0.2) is 0 Å². The molecule has 0 spiro atoms. The Bertz CT molecular complexity index is 760. The molecule has 0 aliphatic carbocycles. The summed E-state index contributed by atoms with van der Waals surface area (Å²) in [6, 6.07) is 12.3. The van der Waals surface area contributed by atoms with Crippen LogP contribution in [0, 0.1) is 12.7 Å². The molecule has 2 N–H and O–H groups in total. The smallest absolute Gasteiger partial charge is 0.411 e. The van der Waals surface area contributed by atoms with E-state index in [1.807, 2.05) is 0 Å².